The molecule has 0 aliphatic heterocycles. The lowest BCUT2D eigenvalue weighted by Crippen LogP contribution is -2.05. The minimum atomic E-state index is 0.373. The quantitative estimate of drug-likeness (QED) is 0.106. The topological polar surface area (TPSA) is 20.2 Å². The zero-order chi connectivity index (χ0) is 26.9. The Morgan fingerprint density at radius 3 is 1.00 bits per heavy atom. The third-order valence-electron chi connectivity index (χ3n) is 8.70. The highest BCUT2D eigenvalue weighted by atomic mass is 16.2. The summed E-state index contributed by atoms with van der Waals surface area (Å²) < 4.78 is 0. The summed E-state index contributed by atoms with van der Waals surface area (Å²) in [6.45, 7) is 4.96. The van der Waals surface area contributed by atoms with Gasteiger partial charge in [-0.25, -0.2) is 0 Å². The van der Waals surface area contributed by atoms with E-state index in [1.165, 1.54) is 199 Å². The van der Waals surface area contributed by atoms with E-state index < -0.39 is 0 Å². The molecule has 1 aliphatic carbocycles. The number of unbranched alkanes of at least 4 members (excludes halogenated alkanes) is 24. The fourth-order valence-corrected chi connectivity index (χ4v) is 6.06. The molecule has 0 radical (unpaired) electrons. The average Bonchev–Trinajstić information content (AvgIpc) is 2.93. The summed E-state index contributed by atoms with van der Waals surface area (Å²) in [5.74, 6) is 1.10. The summed E-state index contributed by atoms with van der Waals surface area (Å²) in [4.78, 5) is 0. The molecule has 0 atom stereocenters. The average molecular weight is 523 g/mol. The Balaban J connectivity index is 0.000000701. The van der Waals surface area contributed by atoms with Crippen LogP contribution in [0.5, 0.6) is 0 Å². The highest BCUT2D eigenvalue weighted by Crippen LogP contribution is 2.28. The van der Waals surface area contributed by atoms with Crippen LogP contribution in [0, 0.1) is 5.92 Å². The Morgan fingerprint density at radius 1 is 0.378 bits per heavy atom. The van der Waals surface area contributed by atoms with E-state index in [2.05, 4.69) is 13.8 Å². The van der Waals surface area contributed by atoms with Crippen LogP contribution < -0.4 is 0 Å². The summed E-state index contributed by atoms with van der Waals surface area (Å²) in [7, 11) is 0. The molecule has 0 bridgehead atoms. The first kappa shape index (κ1) is 37.0. The van der Waals surface area contributed by atoms with Crippen molar-refractivity contribution in [3.8, 4) is 0 Å². The van der Waals surface area contributed by atoms with Gasteiger partial charge in [0, 0.05) is 6.61 Å². The van der Waals surface area contributed by atoms with Gasteiger partial charge in [0.2, 0.25) is 0 Å². The lowest BCUT2D eigenvalue weighted by Gasteiger charge is -2.21. The minimum absolute atomic E-state index is 0.373. The van der Waals surface area contributed by atoms with E-state index in [1.807, 2.05) is 0 Å². The van der Waals surface area contributed by atoms with Gasteiger partial charge in [-0.05, 0) is 12.3 Å². The van der Waals surface area contributed by atoms with Crippen molar-refractivity contribution in [1.82, 2.24) is 0 Å². The lowest BCUT2D eigenvalue weighted by molar-refractivity contribution is 0.282. The molecule has 0 aromatic rings. The van der Waals surface area contributed by atoms with Crippen molar-refractivity contribution >= 4 is 0 Å². The maximum absolute atomic E-state index is 8.67. The van der Waals surface area contributed by atoms with Crippen LogP contribution in [0.2, 0.25) is 0 Å². The smallest absolute Gasteiger partial charge is 0.0431 e. The van der Waals surface area contributed by atoms with Crippen molar-refractivity contribution < 1.29 is 5.11 Å². The molecule has 1 nitrogen and oxygen atoms in total. The molecule has 1 aliphatic rings. The summed E-state index contributed by atoms with van der Waals surface area (Å²) >= 11 is 0. The third-order valence-corrected chi connectivity index (χ3v) is 8.70. The Kier molecular flexibility index (Phi) is 34.0. The zero-order valence-electron chi connectivity index (χ0n) is 26.4. The molecule has 0 aromatic carbocycles. The van der Waals surface area contributed by atoms with Gasteiger partial charge in [0.15, 0.2) is 0 Å². The van der Waals surface area contributed by atoms with E-state index in [1.54, 1.807) is 0 Å². The second-order valence-electron chi connectivity index (χ2n) is 12.5. The molecule has 0 saturated heterocycles. The second kappa shape index (κ2) is 34.0. The van der Waals surface area contributed by atoms with Gasteiger partial charge < -0.3 is 5.11 Å². The van der Waals surface area contributed by atoms with Gasteiger partial charge in [0.25, 0.3) is 0 Å². The maximum atomic E-state index is 8.67. The standard InChI is InChI=1S/C18H38O.C18H36/c1-2-3-4-5-6-7-8-9-10-11-12-13-14-15-16-17-18-19;1-2-3-4-5-6-7-8-9-10-12-15-18-16-13-11-14-17-18/h19H,2-18H2,1H3;18H,2-17H2,1H3. The van der Waals surface area contributed by atoms with Crippen molar-refractivity contribution in [3.63, 3.8) is 0 Å². The van der Waals surface area contributed by atoms with E-state index >= 15 is 0 Å². The summed E-state index contributed by atoms with van der Waals surface area (Å²) in [6.07, 6.45) is 46.1. The molecular formula is C36H74O. The number of hydrogen-bond acceptors (Lipinski definition) is 1. The van der Waals surface area contributed by atoms with Crippen LogP contribution in [0.25, 0.3) is 0 Å². The molecule has 0 aromatic heterocycles. The van der Waals surface area contributed by atoms with Crippen LogP contribution in [0.4, 0.5) is 0 Å². The summed E-state index contributed by atoms with van der Waals surface area (Å²) in [6, 6.07) is 0. The number of aliphatic hydroxyl groups excluding tert-OH is 1. The first-order valence-electron chi connectivity index (χ1n) is 18.0. The van der Waals surface area contributed by atoms with Crippen molar-refractivity contribution in [2.75, 3.05) is 6.61 Å². The van der Waals surface area contributed by atoms with E-state index in [0.29, 0.717) is 6.61 Å². The third kappa shape index (κ3) is 32.1. The number of rotatable bonds is 27. The normalized spacial score (nSPS) is 14.0. The first-order chi connectivity index (χ1) is 18.3. The minimum Gasteiger partial charge on any atom is -0.396 e. The van der Waals surface area contributed by atoms with Crippen LogP contribution in [0.1, 0.15) is 219 Å². The van der Waals surface area contributed by atoms with Gasteiger partial charge >= 0.3 is 0 Å². The van der Waals surface area contributed by atoms with Gasteiger partial charge in [-0.2, -0.15) is 0 Å². The highest BCUT2D eigenvalue weighted by molar-refractivity contribution is 4.65. The van der Waals surface area contributed by atoms with E-state index in [4.69, 9.17) is 5.11 Å². The van der Waals surface area contributed by atoms with Crippen LogP contribution in [0.3, 0.4) is 0 Å². The summed E-state index contributed by atoms with van der Waals surface area (Å²) in [5, 5.41) is 8.67. The second-order valence-corrected chi connectivity index (χ2v) is 12.5. The molecular weight excluding hydrogens is 448 g/mol. The Bertz CT molecular complexity index is 357. The Hall–Kier alpha value is -0.0400. The Morgan fingerprint density at radius 2 is 0.676 bits per heavy atom. The van der Waals surface area contributed by atoms with Crippen LogP contribution in [-0.4, -0.2) is 11.7 Å². The molecule has 1 rings (SSSR count). The van der Waals surface area contributed by atoms with Crippen molar-refractivity contribution in [3.05, 3.63) is 0 Å². The van der Waals surface area contributed by atoms with Gasteiger partial charge in [0.05, 0.1) is 0 Å². The summed E-state index contributed by atoms with van der Waals surface area (Å²) in [5.41, 5.74) is 0. The molecule has 224 valence electrons. The van der Waals surface area contributed by atoms with Crippen molar-refractivity contribution in [2.24, 2.45) is 5.92 Å². The molecule has 1 fully saturated rings. The van der Waals surface area contributed by atoms with Crippen LogP contribution >= 0.6 is 0 Å². The van der Waals surface area contributed by atoms with Crippen LogP contribution in [-0.2, 0) is 0 Å². The van der Waals surface area contributed by atoms with Gasteiger partial charge in [-0.3, -0.25) is 0 Å². The van der Waals surface area contributed by atoms with Crippen molar-refractivity contribution in [2.45, 2.75) is 219 Å². The number of aliphatic hydroxyl groups is 1. The monoisotopic (exact) mass is 523 g/mol. The van der Waals surface area contributed by atoms with E-state index in [0.717, 1.165) is 12.3 Å². The zero-order valence-corrected chi connectivity index (χ0v) is 26.4. The predicted octanol–water partition coefficient (Wildman–Crippen LogP) is 13.1. The molecule has 0 heterocycles. The van der Waals surface area contributed by atoms with E-state index in [9.17, 15) is 0 Å². The molecule has 1 saturated carbocycles. The first-order valence-corrected chi connectivity index (χ1v) is 18.0. The molecule has 1 N–H and O–H groups in total. The number of hydrogen-bond donors (Lipinski definition) is 1. The molecule has 0 unspecified atom stereocenters. The SMILES string of the molecule is CCCCCCCCCCCCC1CCCCC1.CCCCCCCCCCCCCCCCCCO. The molecule has 1 heteroatoms. The predicted molar refractivity (Wildman–Crippen MR) is 170 cm³/mol. The van der Waals surface area contributed by atoms with E-state index in [-0.39, 0.29) is 0 Å². The largest absolute Gasteiger partial charge is 0.396 e. The fourth-order valence-electron chi connectivity index (χ4n) is 6.06. The van der Waals surface area contributed by atoms with Gasteiger partial charge in [-0.15, -0.1) is 0 Å². The van der Waals surface area contributed by atoms with Gasteiger partial charge in [-0.1, -0.05) is 213 Å². The maximum Gasteiger partial charge on any atom is 0.0431 e. The van der Waals surface area contributed by atoms with Crippen LogP contribution in [0.15, 0.2) is 0 Å². The highest BCUT2D eigenvalue weighted by Gasteiger charge is 2.12. The lowest BCUT2D eigenvalue weighted by atomic mass is 9.85. The molecule has 0 amide bonds. The van der Waals surface area contributed by atoms with Crippen molar-refractivity contribution in [1.29, 1.82) is 0 Å². The Labute approximate surface area is 236 Å². The molecule has 37 heavy (non-hydrogen) atoms. The van der Waals surface area contributed by atoms with Gasteiger partial charge in [0.1, 0.15) is 0 Å². The fraction of sp³-hybridized carbons (Fsp3) is 1.00. The molecule has 0 spiro atoms.